The second kappa shape index (κ2) is 6.52. The Morgan fingerprint density at radius 2 is 2.05 bits per heavy atom. The summed E-state index contributed by atoms with van der Waals surface area (Å²) in [5.41, 5.74) is 5.17. The Morgan fingerprint density at radius 3 is 2.65 bits per heavy atom. The number of hydrogen-bond donors (Lipinski definition) is 1. The average Bonchev–Trinajstić information content (AvgIpc) is 2.66. The van der Waals surface area contributed by atoms with Gasteiger partial charge in [-0.2, -0.15) is 4.31 Å². The first-order valence-electron chi connectivity index (χ1n) is 6.16. The van der Waals surface area contributed by atoms with Crippen molar-refractivity contribution in [1.29, 1.82) is 0 Å². The highest BCUT2D eigenvalue weighted by Crippen LogP contribution is 2.28. The van der Waals surface area contributed by atoms with Crippen LogP contribution in [0.4, 0.5) is 0 Å². The first-order valence-corrected chi connectivity index (χ1v) is 9.20. The summed E-state index contributed by atoms with van der Waals surface area (Å²) in [6.45, 7) is 2.23. The molecule has 9 heteroatoms. The van der Waals surface area contributed by atoms with Crippen LogP contribution < -0.4 is 5.73 Å². The molecule has 6 nitrogen and oxygen atoms in total. The minimum Gasteiger partial charge on any atom is -0.369 e. The Morgan fingerprint density at radius 1 is 1.30 bits per heavy atom. The number of halogens is 1. The van der Waals surface area contributed by atoms with Gasteiger partial charge < -0.3 is 5.73 Å². The SMILES string of the molecule is NC(=O)CN1CCCN(S(=O)(=O)c2ccc(Br)s2)CC1. The summed E-state index contributed by atoms with van der Waals surface area (Å²) in [5.74, 6) is -0.386. The molecule has 1 aliphatic rings. The van der Waals surface area contributed by atoms with Crippen LogP contribution in [0, 0.1) is 0 Å². The van der Waals surface area contributed by atoms with E-state index in [0.717, 1.165) is 3.79 Å². The molecule has 0 spiro atoms. The van der Waals surface area contributed by atoms with Gasteiger partial charge in [0.1, 0.15) is 4.21 Å². The zero-order chi connectivity index (χ0) is 14.8. The van der Waals surface area contributed by atoms with E-state index in [9.17, 15) is 13.2 Å². The summed E-state index contributed by atoms with van der Waals surface area (Å²) in [6, 6.07) is 3.34. The van der Waals surface area contributed by atoms with Gasteiger partial charge in [-0.1, -0.05) is 0 Å². The van der Waals surface area contributed by atoms with Gasteiger partial charge in [-0.05, 0) is 41.0 Å². The first kappa shape index (κ1) is 15.9. The maximum atomic E-state index is 12.5. The van der Waals surface area contributed by atoms with Crippen molar-refractivity contribution in [1.82, 2.24) is 9.21 Å². The molecule has 1 fully saturated rings. The minimum absolute atomic E-state index is 0.179. The van der Waals surface area contributed by atoms with Crippen LogP contribution >= 0.6 is 27.3 Å². The maximum Gasteiger partial charge on any atom is 0.252 e. The van der Waals surface area contributed by atoms with E-state index < -0.39 is 10.0 Å². The predicted octanol–water partition coefficient (Wildman–Crippen LogP) is 0.692. The molecule has 1 aliphatic heterocycles. The molecule has 2 heterocycles. The zero-order valence-corrected chi connectivity index (χ0v) is 14.0. The monoisotopic (exact) mass is 381 g/mol. The molecule has 0 radical (unpaired) electrons. The lowest BCUT2D eigenvalue weighted by molar-refractivity contribution is -0.119. The zero-order valence-electron chi connectivity index (χ0n) is 10.8. The Hall–Kier alpha value is -0.480. The first-order chi connectivity index (χ1) is 9.39. The average molecular weight is 382 g/mol. The van der Waals surface area contributed by atoms with Crippen molar-refractivity contribution < 1.29 is 13.2 Å². The molecule has 0 unspecified atom stereocenters. The molecular weight excluding hydrogens is 366 g/mol. The lowest BCUT2D eigenvalue weighted by Gasteiger charge is -2.20. The summed E-state index contributed by atoms with van der Waals surface area (Å²) in [6.07, 6.45) is 0.694. The number of rotatable bonds is 4. The van der Waals surface area contributed by atoms with Gasteiger partial charge in [0.2, 0.25) is 5.91 Å². The molecule has 20 heavy (non-hydrogen) atoms. The minimum atomic E-state index is -3.44. The van der Waals surface area contributed by atoms with Gasteiger partial charge in [0, 0.05) is 19.6 Å². The number of carbonyl (C=O) groups is 1. The fourth-order valence-electron chi connectivity index (χ4n) is 2.13. The molecule has 112 valence electrons. The number of carbonyl (C=O) groups excluding carboxylic acids is 1. The van der Waals surface area contributed by atoms with Gasteiger partial charge >= 0.3 is 0 Å². The number of sulfonamides is 1. The number of hydrogen-bond acceptors (Lipinski definition) is 5. The van der Waals surface area contributed by atoms with E-state index in [2.05, 4.69) is 15.9 Å². The van der Waals surface area contributed by atoms with Crippen LogP contribution in [0.25, 0.3) is 0 Å². The highest BCUT2D eigenvalue weighted by atomic mass is 79.9. The second-order valence-electron chi connectivity index (χ2n) is 4.56. The maximum absolute atomic E-state index is 12.5. The van der Waals surface area contributed by atoms with Crippen molar-refractivity contribution in [3.8, 4) is 0 Å². The van der Waals surface area contributed by atoms with Crippen LogP contribution in [0.3, 0.4) is 0 Å². The predicted molar refractivity (Wildman–Crippen MR) is 81.0 cm³/mol. The van der Waals surface area contributed by atoms with E-state index in [1.165, 1.54) is 15.6 Å². The molecule has 1 aromatic rings. The normalized spacial score (nSPS) is 18.9. The summed E-state index contributed by atoms with van der Waals surface area (Å²) >= 11 is 4.48. The fraction of sp³-hybridized carbons (Fsp3) is 0.545. The molecule has 2 N–H and O–H groups in total. The molecule has 1 amide bonds. The smallest absolute Gasteiger partial charge is 0.252 e. The highest BCUT2D eigenvalue weighted by Gasteiger charge is 2.28. The summed E-state index contributed by atoms with van der Waals surface area (Å²) < 4.78 is 27.6. The third-order valence-electron chi connectivity index (χ3n) is 3.07. The largest absolute Gasteiger partial charge is 0.369 e. The molecule has 0 aliphatic carbocycles. The number of primary amides is 1. The fourth-order valence-corrected chi connectivity index (χ4v) is 5.76. The van der Waals surface area contributed by atoms with E-state index in [-0.39, 0.29) is 12.5 Å². The van der Waals surface area contributed by atoms with Crippen LogP contribution in [-0.2, 0) is 14.8 Å². The molecule has 0 atom stereocenters. The number of nitrogens with zero attached hydrogens (tertiary/aromatic N) is 2. The third-order valence-corrected chi connectivity index (χ3v) is 7.06. The van der Waals surface area contributed by atoms with Gasteiger partial charge in [-0.3, -0.25) is 9.69 Å². The van der Waals surface area contributed by atoms with Crippen LogP contribution in [0.5, 0.6) is 0 Å². The topological polar surface area (TPSA) is 83.7 Å². The summed E-state index contributed by atoms with van der Waals surface area (Å²) in [5, 5.41) is 0. The summed E-state index contributed by atoms with van der Waals surface area (Å²) in [4.78, 5) is 12.8. The van der Waals surface area contributed by atoms with Gasteiger partial charge in [0.05, 0.1) is 10.3 Å². The van der Waals surface area contributed by atoms with Crippen molar-refractivity contribution in [2.45, 2.75) is 10.6 Å². The van der Waals surface area contributed by atoms with Crippen LogP contribution in [0.15, 0.2) is 20.1 Å². The van der Waals surface area contributed by atoms with Gasteiger partial charge in [-0.25, -0.2) is 8.42 Å². The molecular formula is C11H16BrN3O3S2. The molecule has 1 aromatic heterocycles. The van der Waals surface area contributed by atoms with Crippen LogP contribution in [-0.4, -0.2) is 56.3 Å². The van der Waals surface area contributed by atoms with Crippen molar-refractivity contribution in [3.05, 3.63) is 15.9 Å². The Bertz CT molecular complexity index is 587. The molecule has 0 aromatic carbocycles. The Kier molecular flexibility index (Phi) is 5.19. The second-order valence-corrected chi connectivity index (χ2v) is 9.19. The Labute approximate surface area is 130 Å². The number of thiophene rings is 1. The molecule has 0 saturated carbocycles. The third kappa shape index (κ3) is 3.79. The summed E-state index contributed by atoms with van der Waals surface area (Å²) in [7, 11) is -3.44. The van der Waals surface area contributed by atoms with E-state index >= 15 is 0 Å². The van der Waals surface area contributed by atoms with Crippen LogP contribution in [0.1, 0.15) is 6.42 Å². The quantitative estimate of drug-likeness (QED) is 0.831. The van der Waals surface area contributed by atoms with Crippen LogP contribution in [0.2, 0.25) is 0 Å². The van der Waals surface area contributed by atoms with E-state index in [4.69, 9.17) is 5.73 Å². The lowest BCUT2D eigenvalue weighted by Crippen LogP contribution is -2.38. The van der Waals surface area contributed by atoms with E-state index in [0.29, 0.717) is 36.8 Å². The highest BCUT2D eigenvalue weighted by molar-refractivity contribution is 9.11. The lowest BCUT2D eigenvalue weighted by atomic mass is 10.4. The number of nitrogens with two attached hydrogens (primary N) is 1. The van der Waals surface area contributed by atoms with Crippen molar-refractivity contribution in [2.24, 2.45) is 5.73 Å². The van der Waals surface area contributed by atoms with Gasteiger partial charge in [0.15, 0.2) is 0 Å². The van der Waals surface area contributed by atoms with Gasteiger partial charge in [-0.15, -0.1) is 11.3 Å². The van der Waals surface area contributed by atoms with Crippen molar-refractivity contribution >= 4 is 43.2 Å². The molecule has 2 rings (SSSR count). The van der Waals surface area contributed by atoms with E-state index in [1.807, 2.05) is 4.90 Å². The van der Waals surface area contributed by atoms with Crippen molar-refractivity contribution in [3.63, 3.8) is 0 Å². The molecule has 1 saturated heterocycles. The standard InChI is InChI=1S/C11H16BrN3O3S2/c12-9-2-3-11(19-9)20(17,18)15-5-1-4-14(6-7-15)8-10(13)16/h2-3H,1,4-8H2,(H2,13,16). The van der Waals surface area contributed by atoms with Crippen molar-refractivity contribution in [2.75, 3.05) is 32.7 Å². The Balaban J connectivity index is 2.08. The van der Waals surface area contributed by atoms with E-state index in [1.54, 1.807) is 12.1 Å². The number of amides is 1. The molecule has 0 bridgehead atoms. The van der Waals surface area contributed by atoms with Gasteiger partial charge in [0.25, 0.3) is 10.0 Å².